The Morgan fingerprint density at radius 1 is 1.43 bits per heavy atom. The first-order chi connectivity index (χ1) is 9.93. The molecule has 1 saturated heterocycles. The van der Waals surface area contributed by atoms with Gasteiger partial charge >= 0.3 is 0 Å². The summed E-state index contributed by atoms with van der Waals surface area (Å²) in [6.45, 7) is 7.52. The van der Waals surface area contributed by atoms with E-state index in [0.717, 1.165) is 31.0 Å². The lowest BCUT2D eigenvalue weighted by Gasteiger charge is -2.34. The van der Waals surface area contributed by atoms with Gasteiger partial charge in [-0.1, -0.05) is 13.8 Å². The number of ether oxygens (including phenoxy) is 1. The molecule has 1 atom stereocenters. The number of nitrogens with one attached hydrogen (secondary N) is 2. The zero-order chi connectivity index (χ0) is 15.5. The highest BCUT2D eigenvalue weighted by Gasteiger charge is 2.29. The van der Waals surface area contributed by atoms with Crippen molar-refractivity contribution in [2.45, 2.75) is 45.1 Å². The van der Waals surface area contributed by atoms with Crippen molar-refractivity contribution in [1.82, 2.24) is 10.3 Å². The summed E-state index contributed by atoms with van der Waals surface area (Å²) in [5.74, 6) is 0.929. The minimum Gasteiger partial charge on any atom is -0.379 e. The Kier molecular flexibility index (Phi) is 4.83. The van der Waals surface area contributed by atoms with E-state index in [1.807, 2.05) is 20.0 Å². The first kappa shape index (κ1) is 15.8. The molecule has 2 N–H and O–H groups in total. The van der Waals surface area contributed by atoms with Crippen molar-refractivity contribution in [3.63, 3.8) is 0 Å². The summed E-state index contributed by atoms with van der Waals surface area (Å²) in [6.07, 6.45) is 1.92. The van der Waals surface area contributed by atoms with Crippen molar-refractivity contribution in [3.05, 3.63) is 23.4 Å². The molecule has 2 heterocycles. The number of anilines is 1. The molecule has 1 fully saturated rings. The summed E-state index contributed by atoms with van der Waals surface area (Å²) >= 11 is 0. The molecule has 2 rings (SSSR count). The van der Waals surface area contributed by atoms with Gasteiger partial charge in [-0.3, -0.25) is 4.79 Å². The predicted octanol–water partition coefficient (Wildman–Crippen LogP) is 2.55. The number of pyridine rings is 1. The highest BCUT2D eigenvalue weighted by Crippen LogP contribution is 2.21. The highest BCUT2D eigenvalue weighted by molar-refractivity contribution is 5.95. The first-order valence-corrected chi connectivity index (χ1v) is 7.53. The second kappa shape index (κ2) is 6.43. The van der Waals surface area contributed by atoms with Gasteiger partial charge in [0.25, 0.3) is 5.91 Å². The minimum absolute atomic E-state index is 0.0659. The van der Waals surface area contributed by atoms with Crippen molar-refractivity contribution in [2.24, 2.45) is 0 Å². The summed E-state index contributed by atoms with van der Waals surface area (Å²) in [6, 6.07) is 3.65. The van der Waals surface area contributed by atoms with E-state index in [1.165, 1.54) is 0 Å². The van der Waals surface area contributed by atoms with Gasteiger partial charge in [-0.2, -0.15) is 0 Å². The standard InChI is InChI=1S/C16H25N3O2/c1-11(2)13-8-12(9-14(17-4)18-13)15(20)19-16(3)6-5-7-21-10-16/h8-9,11H,5-7,10H2,1-4H3,(H,17,18)(H,19,20). The quantitative estimate of drug-likeness (QED) is 0.895. The third kappa shape index (κ3) is 3.94. The zero-order valence-corrected chi connectivity index (χ0v) is 13.3. The fourth-order valence-corrected chi connectivity index (χ4v) is 2.49. The first-order valence-electron chi connectivity index (χ1n) is 7.53. The topological polar surface area (TPSA) is 63.2 Å². The molecule has 1 unspecified atom stereocenters. The average molecular weight is 291 g/mol. The Labute approximate surface area is 126 Å². The maximum Gasteiger partial charge on any atom is 0.251 e. The molecular weight excluding hydrogens is 266 g/mol. The van der Waals surface area contributed by atoms with Crippen molar-refractivity contribution in [1.29, 1.82) is 0 Å². The molecule has 0 spiro atoms. The van der Waals surface area contributed by atoms with Crippen LogP contribution in [-0.4, -0.2) is 36.7 Å². The second-order valence-electron chi connectivity index (χ2n) is 6.24. The second-order valence-corrected chi connectivity index (χ2v) is 6.24. The van der Waals surface area contributed by atoms with Crippen LogP contribution in [0.25, 0.3) is 0 Å². The largest absolute Gasteiger partial charge is 0.379 e. The van der Waals surface area contributed by atoms with Crippen molar-refractivity contribution < 1.29 is 9.53 Å². The van der Waals surface area contributed by atoms with Gasteiger partial charge in [0.05, 0.1) is 12.1 Å². The van der Waals surface area contributed by atoms with Gasteiger partial charge in [0, 0.05) is 24.9 Å². The van der Waals surface area contributed by atoms with E-state index in [4.69, 9.17) is 4.74 Å². The molecule has 5 nitrogen and oxygen atoms in total. The number of carbonyl (C=O) groups is 1. The number of hydrogen-bond acceptors (Lipinski definition) is 4. The lowest BCUT2D eigenvalue weighted by atomic mass is 9.94. The lowest BCUT2D eigenvalue weighted by Crippen LogP contribution is -2.51. The van der Waals surface area contributed by atoms with Crippen molar-refractivity contribution in [2.75, 3.05) is 25.6 Å². The summed E-state index contributed by atoms with van der Waals surface area (Å²) < 4.78 is 5.49. The molecule has 0 aliphatic carbocycles. The predicted molar refractivity (Wildman–Crippen MR) is 83.8 cm³/mol. The molecule has 1 amide bonds. The molecule has 5 heteroatoms. The molecule has 116 valence electrons. The number of aromatic nitrogens is 1. The molecule has 1 aliphatic heterocycles. The fourth-order valence-electron chi connectivity index (χ4n) is 2.49. The Morgan fingerprint density at radius 2 is 2.19 bits per heavy atom. The van der Waals surface area contributed by atoms with Gasteiger partial charge in [-0.15, -0.1) is 0 Å². The van der Waals surface area contributed by atoms with Crippen LogP contribution in [-0.2, 0) is 4.74 Å². The van der Waals surface area contributed by atoms with Crippen LogP contribution in [0.1, 0.15) is 55.6 Å². The summed E-state index contributed by atoms with van der Waals surface area (Å²) in [4.78, 5) is 17.0. The number of hydrogen-bond donors (Lipinski definition) is 2. The lowest BCUT2D eigenvalue weighted by molar-refractivity contribution is 0.0272. The van der Waals surface area contributed by atoms with E-state index in [9.17, 15) is 4.79 Å². The van der Waals surface area contributed by atoms with Gasteiger partial charge in [0.15, 0.2) is 0 Å². The van der Waals surface area contributed by atoms with Crippen LogP contribution in [0.2, 0.25) is 0 Å². The molecular formula is C16H25N3O2. The summed E-state index contributed by atoms with van der Waals surface area (Å²) in [5, 5.41) is 6.12. The normalized spacial score (nSPS) is 22.1. The molecule has 0 aromatic carbocycles. The van der Waals surface area contributed by atoms with Gasteiger partial charge in [-0.25, -0.2) is 4.98 Å². The van der Waals surface area contributed by atoms with Crippen LogP contribution in [0.3, 0.4) is 0 Å². The number of nitrogens with zero attached hydrogens (tertiary/aromatic N) is 1. The van der Waals surface area contributed by atoms with E-state index < -0.39 is 0 Å². The smallest absolute Gasteiger partial charge is 0.251 e. The zero-order valence-electron chi connectivity index (χ0n) is 13.3. The van der Waals surface area contributed by atoms with E-state index >= 15 is 0 Å². The molecule has 0 saturated carbocycles. The summed E-state index contributed by atoms with van der Waals surface area (Å²) in [5.41, 5.74) is 1.28. The summed E-state index contributed by atoms with van der Waals surface area (Å²) in [7, 11) is 1.81. The maximum atomic E-state index is 12.5. The van der Waals surface area contributed by atoms with E-state index in [-0.39, 0.29) is 17.4 Å². The Morgan fingerprint density at radius 3 is 2.76 bits per heavy atom. The third-order valence-electron chi connectivity index (χ3n) is 3.81. The van der Waals surface area contributed by atoms with Crippen LogP contribution in [0.5, 0.6) is 0 Å². The van der Waals surface area contributed by atoms with Crippen LogP contribution >= 0.6 is 0 Å². The third-order valence-corrected chi connectivity index (χ3v) is 3.81. The van der Waals surface area contributed by atoms with E-state index in [2.05, 4.69) is 29.5 Å². The van der Waals surface area contributed by atoms with Gasteiger partial charge in [0.1, 0.15) is 5.82 Å². The Balaban J connectivity index is 2.20. The van der Waals surface area contributed by atoms with Gasteiger partial charge in [-0.05, 0) is 37.8 Å². The van der Waals surface area contributed by atoms with Crippen LogP contribution in [0, 0.1) is 0 Å². The minimum atomic E-state index is -0.281. The molecule has 1 aromatic heterocycles. The average Bonchev–Trinajstić information content (AvgIpc) is 2.46. The maximum absolute atomic E-state index is 12.5. The van der Waals surface area contributed by atoms with Crippen LogP contribution in [0.15, 0.2) is 12.1 Å². The van der Waals surface area contributed by atoms with Crippen LogP contribution in [0.4, 0.5) is 5.82 Å². The number of carbonyl (C=O) groups excluding carboxylic acids is 1. The SMILES string of the molecule is CNc1cc(C(=O)NC2(C)CCCOC2)cc(C(C)C)n1. The highest BCUT2D eigenvalue weighted by atomic mass is 16.5. The fraction of sp³-hybridized carbons (Fsp3) is 0.625. The molecule has 21 heavy (non-hydrogen) atoms. The van der Waals surface area contributed by atoms with E-state index in [1.54, 1.807) is 6.07 Å². The van der Waals surface area contributed by atoms with Gasteiger partial charge in [0.2, 0.25) is 0 Å². The van der Waals surface area contributed by atoms with Gasteiger partial charge < -0.3 is 15.4 Å². The number of rotatable bonds is 4. The Hall–Kier alpha value is -1.62. The Bertz CT molecular complexity index is 508. The monoisotopic (exact) mass is 291 g/mol. The molecule has 0 bridgehead atoms. The molecule has 1 aromatic rings. The van der Waals surface area contributed by atoms with Crippen LogP contribution < -0.4 is 10.6 Å². The van der Waals surface area contributed by atoms with Crippen molar-refractivity contribution in [3.8, 4) is 0 Å². The number of amides is 1. The molecule has 1 aliphatic rings. The molecule has 0 radical (unpaired) electrons. The van der Waals surface area contributed by atoms with Crippen molar-refractivity contribution >= 4 is 11.7 Å². The van der Waals surface area contributed by atoms with E-state index in [0.29, 0.717) is 12.2 Å².